The summed E-state index contributed by atoms with van der Waals surface area (Å²) < 4.78 is 33.5. The zero-order valence-electron chi connectivity index (χ0n) is 17.9. The third kappa shape index (κ3) is 7.04. The summed E-state index contributed by atoms with van der Waals surface area (Å²) in [5.74, 6) is 0.0859. The molecule has 178 valence electrons. The van der Waals surface area contributed by atoms with E-state index in [0.717, 1.165) is 14.3 Å². The molecule has 0 saturated heterocycles. The quantitative estimate of drug-likeness (QED) is 0.280. The van der Waals surface area contributed by atoms with Crippen LogP contribution in [0.3, 0.4) is 0 Å². The van der Waals surface area contributed by atoms with Gasteiger partial charge in [0, 0.05) is 11.0 Å². The van der Waals surface area contributed by atoms with Gasteiger partial charge in [0.05, 0.1) is 34.8 Å². The first-order valence-electron chi connectivity index (χ1n) is 9.84. The van der Waals surface area contributed by atoms with Crippen molar-refractivity contribution in [1.29, 1.82) is 0 Å². The number of carbonyl (C=O) groups is 1. The van der Waals surface area contributed by atoms with Crippen LogP contribution in [0.25, 0.3) is 0 Å². The lowest BCUT2D eigenvalue weighted by molar-refractivity contribution is -0.121. The topological polar surface area (TPSA) is 88.1 Å². The second kappa shape index (κ2) is 11.8. The third-order valence-corrected chi connectivity index (χ3v) is 7.71. The molecule has 0 radical (unpaired) electrons. The monoisotopic (exact) mass is 583 g/mol. The maximum Gasteiger partial charge on any atom is 0.255 e. The number of amides is 1. The molecule has 0 aliphatic carbocycles. The fourth-order valence-corrected chi connectivity index (χ4v) is 4.86. The van der Waals surface area contributed by atoms with Gasteiger partial charge in [-0.3, -0.25) is 4.79 Å². The maximum atomic E-state index is 13.3. The SMILES string of the molecule is COc1ccc(/C=N/NC(=O)CN(Cc2ccc(Cl)c(Cl)c2)S(=O)(=O)c2ccc(Br)cc2)cc1. The van der Waals surface area contributed by atoms with E-state index in [2.05, 4.69) is 26.5 Å². The maximum absolute atomic E-state index is 13.3. The zero-order valence-corrected chi connectivity index (χ0v) is 21.8. The Labute approximate surface area is 216 Å². The molecule has 3 rings (SSSR count). The molecule has 0 spiro atoms. The van der Waals surface area contributed by atoms with Crippen LogP contribution in [0.15, 0.2) is 81.2 Å². The minimum atomic E-state index is -4.01. The Morgan fingerprint density at radius 2 is 1.74 bits per heavy atom. The largest absolute Gasteiger partial charge is 0.497 e. The van der Waals surface area contributed by atoms with Gasteiger partial charge >= 0.3 is 0 Å². The first kappa shape index (κ1) is 26.2. The molecule has 1 amide bonds. The first-order chi connectivity index (χ1) is 16.2. The molecule has 0 aliphatic heterocycles. The van der Waals surface area contributed by atoms with Crippen molar-refractivity contribution < 1.29 is 17.9 Å². The first-order valence-corrected chi connectivity index (χ1v) is 12.8. The third-order valence-electron chi connectivity index (χ3n) is 4.63. The molecule has 0 bridgehead atoms. The van der Waals surface area contributed by atoms with Gasteiger partial charge < -0.3 is 4.74 Å². The van der Waals surface area contributed by atoms with E-state index in [9.17, 15) is 13.2 Å². The Hall–Kier alpha value is -2.43. The van der Waals surface area contributed by atoms with Crippen LogP contribution in [0.4, 0.5) is 0 Å². The molecule has 1 N–H and O–H groups in total. The lowest BCUT2D eigenvalue weighted by Crippen LogP contribution is -2.39. The average Bonchev–Trinajstić information content (AvgIpc) is 2.81. The molecule has 11 heteroatoms. The van der Waals surface area contributed by atoms with Gasteiger partial charge in [0.25, 0.3) is 5.91 Å². The standard InChI is InChI=1S/C23H20BrCl2N3O4S/c1-33-19-7-2-16(3-8-19)13-27-28-23(30)15-29(14-17-4-11-21(25)22(26)12-17)34(31,32)20-9-5-18(24)6-10-20/h2-13H,14-15H2,1H3,(H,28,30)/b27-13+. The van der Waals surface area contributed by atoms with Gasteiger partial charge in [0.2, 0.25) is 10.0 Å². The molecule has 34 heavy (non-hydrogen) atoms. The Kier molecular flexibility index (Phi) is 9.10. The average molecular weight is 585 g/mol. The van der Waals surface area contributed by atoms with Crippen molar-refractivity contribution in [2.45, 2.75) is 11.4 Å². The summed E-state index contributed by atoms with van der Waals surface area (Å²) >= 11 is 15.3. The smallest absolute Gasteiger partial charge is 0.255 e. The van der Waals surface area contributed by atoms with Crippen molar-refractivity contribution in [3.63, 3.8) is 0 Å². The summed E-state index contributed by atoms with van der Waals surface area (Å²) in [6.07, 6.45) is 1.45. The lowest BCUT2D eigenvalue weighted by atomic mass is 10.2. The van der Waals surface area contributed by atoms with E-state index in [0.29, 0.717) is 16.3 Å². The van der Waals surface area contributed by atoms with E-state index in [1.54, 1.807) is 61.7 Å². The summed E-state index contributed by atoms with van der Waals surface area (Å²) in [7, 11) is -2.44. The van der Waals surface area contributed by atoms with Crippen molar-refractivity contribution in [1.82, 2.24) is 9.73 Å². The van der Waals surface area contributed by atoms with Crippen LogP contribution in [0.1, 0.15) is 11.1 Å². The minimum Gasteiger partial charge on any atom is -0.497 e. The number of ether oxygens (including phenoxy) is 1. The van der Waals surface area contributed by atoms with Gasteiger partial charge in [-0.15, -0.1) is 0 Å². The zero-order chi connectivity index (χ0) is 24.7. The Morgan fingerprint density at radius 3 is 2.35 bits per heavy atom. The number of hydrogen-bond acceptors (Lipinski definition) is 5. The van der Waals surface area contributed by atoms with Gasteiger partial charge in [-0.05, 0) is 71.8 Å². The highest BCUT2D eigenvalue weighted by atomic mass is 79.9. The second-order valence-corrected chi connectivity index (χ2v) is 10.7. The van der Waals surface area contributed by atoms with Crippen molar-refractivity contribution in [3.8, 4) is 5.75 Å². The van der Waals surface area contributed by atoms with Gasteiger partial charge in [-0.1, -0.05) is 45.2 Å². The van der Waals surface area contributed by atoms with Gasteiger partial charge in [-0.25, -0.2) is 13.8 Å². The van der Waals surface area contributed by atoms with E-state index < -0.39 is 22.5 Å². The van der Waals surface area contributed by atoms with Crippen LogP contribution >= 0.6 is 39.1 Å². The van der Waals surface area contributed by atoms with Crippen LogP contribution in [0, 0.1) is 0 Å². The summed E-state index contributed by atoms with van der Waals surface area (Å²) in [6, 6.07) is 18.0. The van der Waals surface area contributed by atoms with Crippen molar-refractivity contribution in [2.24, 2.45) is 5.10 Å². The molecule has 0 heterocycles. The molecule has 0 aliphatic rings. The highest BCUT2D eigenvalue weighted by molar-refractivity contribution is 9.10. The Morgan fingerprint density at radius 1 is 1.06 bits per heavy atom. The number of nitrogens with zero attached hydrogens (tertiary/aromatic N) is 2. The predicted octanol–water partition coefficient (Wildman–Crippen LogP) is 5.11. The van der Waals surface area contributed by atoms with Gasteiger partial charge in [-0.2, -0.15) is 9.41 Å². The summed E-state index contributed by atoms with van der Waals surface area (Å²) in [6.45, 7) is -0.552. The number of methoxy groups -OCH3 is 1. The normalized spacial score (nSPS) is 11.7. The molecule has 0 aromatic heterocycles. The minimum absolute atomic E-state index is 0.0466. The number of halogens is 3. The molecule has 7 nitrogen and oxygen atoms in total. The van der Waals surface area contributed by atoms with E-state index in [1.165, 1.54) is 18.3 Å². The summed E-state index contributed by atoms with van der Waals surface area (Å²) in [5.41, 5.74) is 3.67. The molecule has 0 saturated carbocycles. The number of benzene rings is 3. The number of carbonyl (C=O) groups excluding carboxylic acids is 1. The molecular weight excluding hydrogens is 565 g/mol. The molecule has 3 aromatic rings. The fourth-order valence-electron chi connectivity index (χ4n) is 2.89. The number of rotatable bonds is 9. The van der Waals surface area contributed by atoms with Crippen LogP contribution in [0.5, 0.6) is 5.75 Å². The predicted molar refractivity (Wildman–Crippen MR) is 137 cm³/mol. The van der Waals surface area contributed by atoms with Gasteiger partial charge in [0.1, 0.15) is 5.75 Å². The number of hydrogen-bond donors (Lipinski definition) is 1. The van der Waals surface area contributed by atoms with Gasteiger partial charge in [0.15, 0.2) is 0 Å². The van der Waals surface area contributed by atoms with Crippen LogP contribution in [0.2, 0.25) is 10.0 Å². The molecule has 0 unspecified atom stereocenters. The van der Waals surface area contributed by atoms with Crippen molar-refractivity contribution in [2.75, 3.05) is 13.7 Å². The lowest BCUT2D eigenvalue weighted by Gasteiger charge is -2.22. The van der Waals surface area contributed by atoms with E-state index >= 15 is 0 Å². The Balaban J connectivity index is 1.79. The van der Waals surface area contributed by atoms with E-state index in [1.807, 2.05) is 0 Å². The number of sulfonamides is 1. The highest BCUT2D eigenvalue weighted by Crippen LogP contribution is 2.25. The molecule has 3 aromatic carbocycles. The summed E-state index contributed by atoms with van der Waals surface area (Å²) in [4.78, 5) is 12.6. The van der Waals surface area contributed by atoms with Crippen molar-refractivity contribution >= 4 is 61.3 Å². The molecule has 0 fully saturated rings. The molecular formula is C23H20BrCl2N3O4S. The second-order valence-electron chi connectivity index (χ2n) is 7.04. The van der Waals surface area contributed by atoms with Crippen LogP contribution < -0.4 is 10.2 Å². The number of nitrogens with one attached hydrogen (secondary N) is 1. The molecule has 0 atom stereocenters. The van der Waals surface area contributed by atoms with Crippen LogP contribution in [-0.2, 0) is 21.4 Å². The summed E-state index contributed by atoms with van der Waals surface area (Å²) in [5, 5.41) is 4.55. The van der Waals surface area contributed by atoms with E-state index in [4.69, 9.17) is 27.9 Å². The van der Waals surface area contributed by atoms with E-state index in [-0.39, 0.29) is 16.5 Å². The Bertz CT molecular complexity index is 1280. The van der Waals surface area contributed by atoms with Crippen LogP contribution in [-0.4, -0.2) is 38.5 Å². The number of hydrazone groups is 1. The van der Waals surface area contributed by atoms with Crippen molar-refractivity contribution in [3.05, 3.63) is 92.4 Å². The fraction of sp³-hybridized carbons (Fsp3) is 0.130. The highest BCUT2D eigenvalue weighted by Gasteiger charge is 2.27.